The first kappa shape index (κ1) is 9.48. The highest BCUT2D eigenvalue weighted by molar-refractivity contribution is 4.95. The van der Waals surface area contributed by atoms with Gasteiger partial charge in [0.25, 0.3) is 0 Å². The average molecular weight is 138 g/mol. The lowest BCUT2D eigenvalue weighted by Crippen LogP contribution is -2.09. The molecule has 0 saturated carbocycles. The molecule has 0 radical (unpaired) electrons. The Hall–Kier alpha value is -0.520. The minimum Gasteiger partial charge on any atom is -0.103 e. The molecule has 0 fully saturated rings. The summed E-state index contributed by atoms with van der Waals surface area (Å²) in [5, 5.41) is 0. The van der Waals surface area contributed by atoms with Gasteiger partial charge in [0, 0.05) is 0 Å². The van der Waals surface area contributed by atoms with Crippen molar-refractivity contribution in [1.29, 1.82) is 0 Å². The first-order valence-corrected chi connectivity index (χ1v) is 3.73. The first-order chi connectivity index (χ1) is 4.48. The van der Waals surface area contributed by atoms with Gasteiger partial charge >= 0.3 is 0 Å². The fraction of sp³-hybridized carbons (Fsp3) is 0.600. The summed E-state index contributed by atoms with van der Waals surface area (Å²) >= 11 is 0. The van der Waals surface area contributed by atoms with Gasteiger partial charge in [-0.25, -0.2) is 0 Å². The highest BCUT2D eigenvalue weighted by atomic mass is 14.2. The van der Waals surface area contributed by atoms with Crippen LogP contribution in [0, 0.1) is 5.41 Å². The van der Waals surface area contributed by atoms with Gasteiger partial charge in [0.2, 0.25) is 0 Å². The lowest BCUT2D eigenvalue weighted by Gasteiger charge is -2.22. The Morgan fingerprint density at radius 1 is 1.50 bits per heavy atom. The Labute approximate surface area is 64.6 Å². The molecule has 0 heterocycles. The van der Waals surface area contributed by atoms with Crippen LogP contribution in [0.1, 0.15) is 33.6 Å². The van der Waals surface area contributed by atoms with Gasteiger partial charge < -0.3 is 0 Å². The molecule has 0 atom stereocenters. The number of hydrogen-bond acceptors (Lipinski definition) is 0. The summed E-state index contributed by atoms with van der Waals surface area (Å²) in [6.45, 7) is 14.2. The molecule has 0 spiro atoms. The van der Waals surface area contributed by atoms with Crippen LogP contribution in [0.15, 0.2) is 24.8 Å². The minimum absolute atomic E-state index is 0.355. The van der Waals surface area contributed by atoms with Crippen LogP contribution >= 0.6 is 0 Å². The van der Waals surface area contributed by atoms with Crippen LogP contribution in [0.4, 0.5) is 0 Å². The minimum atomic E-state index is 0.355. The van der Waals surface area contributed by atoms with Gasteiger partial charge in [0.15, 0.2) is 0 Å². The van der Waals surface area contributed by atoms with E-state index >= 15 is 0 Å². The largest absolute Gasteiger partial charge is 0.103 e. The summed E-state index contributed by atoms with van der Waals surface area (Å²) in [5.74, 6) is 0. The average Bonchev–Trinajstić information content (AvgIpc) is 1.59. The van der Waals surface area contributed by atoms with E-state index in [-0.39, 0.29) is 0 Å². The van der Waals surface area contributed by atoms with E-state index in [0.717, 1.165) is 12.8 Å². The van der Waals surface area contributed by atoms with E-state index in [2.05, 4.69) is 33.9 Å². The summed E-state index contributed by atoms with van der Waals surface area (Å²) in [5.41, 5.74) is 1.61. The maximum absolute atomic E-state index is 3.89. The van der Waals surface area contributed by atoms with Crippen LogP contribution in [0.3, 0.4) is 0 Å². The van der Waals surface area contributed by atoms with E-state index in [9.17, 15) is 0 Å². The molecular weight excluding hydrogens is 120 g/mol. The summed E-state index contributed by atoms with van der Waals surface area (Å²) in [7, 11) is 0. The second-order valence-corrected chi connectivity index (χ2v) is 3.79. The normalized spacial score (nSPS) is 11.1. The Kier molecular flexibility index (Phi) is 3.41. The number of allylic oxidation sites excluding steroid dienone is 2. The standard InChI is InChI=1S/C10H18/c1-6-7-10(4,5)8-9(2)3/h6H,1-2,7-8H2,3-5H3. The van der Waals surface area contributed by atoms with Gasteiger partial charge in [-0.1, -0.05) is 25.5 Å². The topological polar surface area (TPSA) is 0 Å². The van der Waals surface area contributed by atoms with Crippen LogP contribution < -0.4 is 0 Å². The Morgan fingerprint density at radius 2 is 2.00 bits per heavy atom. The van der Waals surface area contributed by atoms with Crippen molar-refractivity contribution in [2.45, 2.75) is 33.6 Å². The van der Waals surface area contributed by atoms with Crippen molar-refractivity contribution in [3.8, 4) is 0 Å². The highest BCUT2D eigenvalue weighted by Gasteiger charge is 2.14. The molecule has 0 aromatic heterocycles. The van der Waals surface area contributed by atoms with E-state index in [4.69, 9.17) is 0 Å². The van der Waals surface area contributed by atoms with Crippen molar-refractivity contribution in [2.75, 3.05) is 0 Å². The smallest absolute Gasteiger partial charge is 0.0271 e. The highest BCUT2D eigenvalue weighted by Crippen LogP contribution is 2.28. The van der Waals surface area contributed by atoms with E-state index in [1.807, 2.05) is 6.08 Å². The predicted molar refractivity (Wildman–Crippen MR) is 48.0 cm³/mol. The Balaban J connectivity index is 3.85. The van der Waals surface area contributed by atoms with Crippen molar-refractivity contribution in [2.24, 2.45) is 5.41 Å². The predicted octanol–water partition coefficient (Wildman–Crippen LogP) is 3.55. The Bertz CT molecular complexity index is 129. The van der Waals surface area contributed by atoms with Gasteiger partial charge in [-0.15, -0.1) is 13.2 Å². The van der Waals surface area contributed by atoms with Crippen LogP contribution in [0.5, 0.6) is 0 Å². The molecule has 0 aromatic rings. The van der Waals surface area contributed by atoms with E-state index < -0.39 is 0 Å². The molecular formula is C10H18. The lowest BCUT2D eigenvalue weighted by atomic mass is 9.83. The van der Waals surface area contributed by atoms with E-state index in [0.29, 0.717) is 5.41 Å². The maximum Gasteiger partial charge on any atom is -0.0271 e. The molecule has 0 aliphatic heterocycles. The third-order valence-corrected chi connectivity index (χ3v) is 1.48. The molecule has 0 amide bonds. The van der Waals surface area contributed by atoms with Crippen LogP contribution in [0.2, 0.25) is 0 Å². The van der Waals surface area contributed by atoms with Crippen LogP contribution in [0.25, 0.3) is 0 Å². The van der Waals surface area contributed by atoms with Gasteiger partial charge in [0.05, 0.1) is 0 Å². The second kappa shape index (κ2) is 3.60. The lowest BCUT2D eigenvalue weighted by molar-refractivity contribution is 0.368. The molecule has 0 N–H and O–H groups in total. The number of rotatable bonds is 4. The van der Waals surface area contributed by atoms with E-state index in [1.54, 1.807) is 0 Å². The van der Waals surface area contributed by atoms with Crippen LogP contribution in [-0.2, 0) is 0 Å². The zero-order valence-corrected chi connectivity index (χ0v) is 7.41. The SMILES string of the molecule is C=CCC(C)(C)CC(=C)C. The molecule has 0 aliphatic rings. The maximum atomic E-state index is 3.89. The van der Waals surface area contributed by atoms with Gasteiger partial charge in [-0.2, -0.15) is 0 Å². The third-order valence-electron chi connectivity index (χ3n) is 1.48. The molecule has 0 heteroatoms. The summed E-state index contributed by atoms with van der Waals surface area (Å²) in [6.07, 6.45) is 4.14. The zero-order valence-electron chi connectivity index (χ0n) is 7.41. The van der Waals surface area contributed by atoms with Crippen molar-refractivity contribution >= 4 is 0 Å². The summed E-state index contributed by atoms with van der Waals surface area (Å²) in [4.78, 5) is 0. The summed E-state index contributed by atoms with van der Waals surface area (Å²) in [6, 6.07) is 0. The van der Waals surface area contributed by atoms with E-state index in [1.165, 1.54) is 5.57 Å². The second-order valence-electron chi connectivity index (χ2n) is 3.79. The molecule has 0 aromatic carbocycles. The fourth-order valence-corrected chi connectivity index (χ4v) is 1.28. The molecule has 0 aliphatic carbocycles. The summed E-state index contributed by atoms with van der Waals surface area (Å²) < 4.78 is 0. The quantitative estimate of drug-likeness (QED) is 0.521. The van der Waals surface area contributed by atoms with Crippen LogP contribution in [-0.4, -0.2) is 0 Å². The third kappa shape index (κ3) is 4.37. The number of hydrogen-bond donors (Lipinski definition) is 0. The van der Waals surface area contributed by atoms with Gasteiger partial charge in [-0.3, -0.25) is 0 Å². The van der Waals surface area contributed by atoms with Crippen molar-refractivity contribution < 1.29 is 0 Å². The monoisotopic (exact) mass is 138 g/mol. The van der Waals surface area contributed by atoms with Gasteiger partial charge in [0.1, 0.15) is 0 Å². The molecule has 0 saturated heterocycles. The molecule has 10 heavy (non-hydrogen) atoms. The molecule has 0 rings (SSSR count). The Morgan fingerprint density at radius 3 is 2.30 bits per heavy atom. The zero-order chi connectivity index (χ0) is 8.20. The molecule has 0 nitrogen and oxygen atoms in total. The fourth-order valence-electron chi connectivity index (χ4n) is 1.28. The van der Waals surface area contributed by atoms with Gasteiger partial charge in [-0.05, 0) is 25.2 Å². The van der Waals surface area contributed by atoms with Crippen molar-refractivity contribution in [3.05, 3.63) is 24.8 Å². The molecule has 58 valence electrons. The first-order valence-electron chi connectivity index (χ1n) is 3.73. The van der Waals surface area contributed by atoms with Crippen molar-refractivity contribution in [1.82, 2.24) is 0 Å². The molecule has 0 unspecified atom stereocenters. The molecule has 0 bridgehead atoms. The van der Waals surface area contributed by atoms with Crippen molar-refractivity contribution in [3.63, 3.8) is 0 Å².